The lowest BCUT2D eigenvalue weighted by Crippen LogP contribution is -2.35. The highest BCUT2D eigenvalue weighted by Gasteiger charge is 2.27. The molecular formula is C37H31ClF2N4O3. The first-order valence-electron chi connectivity index (χ1n) is 15.3. The molecule has 0 fully saturated rings. The zero-order chi connectivity index (χ0) is 33.0. The van der Waals surface area contributed by atoms with Gasteiger partial charge in [-0.15, -0.1) is 0 Å². The molecule has 2 aromatic heterocycles. The fourth-order valence-electron chi connectivity index (χ4n) is 6.88. The van der Waals surface area contributed by atoms with E-state index in [1.807, 2.05) is 65.4 Å². The molecule has 47 heavy (non-hydrogen) atoms. The van der Waals surface area contributed by atoms with E-state index in [2.05, 4.69) is 10.6 Å². The van der Waals surface area contributed by atoms with Crippen LogP contribution >= 0.6 is 11.6 Å². The molecule has 0 saturated carbocycles. The maximum Gasteiger partial charge on any atom is 0.268 e. The van der Waals surface area contributed by atoms with E-state index in [1.54, 1.807) is 6.07 Å². The third kappa shape index (κ3) is 5.25. The number of aliphatic hydroxyl groups is 1. The van der Waals surface area contributed by atoms with Gasteiger partial charge in [0.1, 0.15) is 23.0 Å². The van der Waals surface area contributed by atoms with Crippen molar-refractivity contribution >= 4 is 45.2 Å². The highest BCUT2D eigenvalue weighted by Crippen LogP contribution is 2.38. The summed E-state index contributed by atoms with van der Waals surface area (Å²) < 4.78 is 32.4. The van der Waals surface area contributed by atoms with Gasteiger partial charge in [0.15, 0.2) is 0 Å². The van der Waals surface area contributed by atoms with Crippen molar-refractivity contribution in [1.29, 1.82) is 0 Å². The fraction of sp³-hybridized carbons (Fsp3) is 0.189. The van der Waals surface area contributed by atoms with Crippen LogP contribution in [-0.4, -0.2) is 39.1 Å². The molecule has 0 bridgehead atoms. The number of benzene rings is 4. The standard InChI is InChI=1S/C19H17FN2O2.C18H14ClFN2O/c1-11-15-8-14(20)9-16(13-4-2-12(10-23)3-5-13)18(15)22-7-6-21-19(24)17(11)22;1-10-14-8-13(20)9-15(11-3-2-4-12(19)7-11)17(14)22-6-5-21-18(23)16(10)22/h2-5,8-9,23H,6-7,10H2,1H3,(H,21,24);2-4,7-9H,5-6H2,1H3,(H,21,23). The number of carbonyl (C=O) groups is 2. The lowest BCUT2D eigenvalue weighted by atomic mass is 10.0. The molecule has 3 N–H and O–H groups in total. The van der Waals surface area contributed by atoms with Crippen molar-refractivity contribution in [3.8, 4) is 22.3 Å². The normalized spacial score (nSPS) is 13.9. The third-order valence-electron chi connectivity index (χ3n) is 9.00. The number of aromatic nitrogens is 2. The van der Waals surface area contributed by atoms with Crippen molar-refractivity contribution in [1.82, 2.24) is 19.8 Å². The summed E-state index contributed by atoms with van der Waals surface area (Å²) in [6, 6.07) is 20.7. The molecular weight excluding hydrogens is 622 g/mol. The maximum atomic E-state index is 14.2. The summed E-state index contributed by atoms with van der Waals surface area (Å²) in [7, 11) is 0. The number of amides is 2. The van der Waals surface area contributed by atoms with Gasteiger partial charge in [0, 0.05) is 53.1 Å². The molecule has 8 rings (SSSR count). The van der Waals surface area contributed by atoms with Gasteiger partial charge in [0.25, 0.3) is 11.8 Å². The molecule has 10 heteroatoms. The monoisotopic (exact) mass is 652 g/mol. The first-order chi connectivity index (χ1) is 22.7. The van der Waals surface area contributed by atoms with Gasteiger partial charge in [-0.25, -0.2) is 8.78 Å². The molecule has 2 amide bonds. The quantitative estimate of drug-likeness (QED) is 0.190. The number of halogens is 3. The van der Waals surface area contributed by atoms with Gasteiger partial charge >= 0.3 is 0 Å². The molecule has 2 aliphatic heterocycles. The molecule has 4 aromatic carbocycles. The summed E-state index contributed by atoms with van der Waals surface area (Å²) >= 11 is 6.09. The number of hydrogen-bond acceptors (Lipinski definition) is 3. The average Bonchev–Trinajstić information content (AvgIpc) is 3.52. The Labute approximate surface area is 274 Å². The van der Waals surface area contributed by atoms with Crippen LogP contribution in [0.25, 0.3) is 44.1 Å². The summed E-state index contributed by atoms with van der Waals surface area (Å²) in [5.74, 6) is -0.867. The lowest BCUT2D eigenvalue weighted by Gasteiger charge is -2.18. The number of aliphatic hydroxyl groups excluding tert-OH is 1. The topological polar surface area (TPSA) is 88.3 Å². The predicted molar refractivity (Wildman–Crippen MR) is 180 cm³/mol. The van der Waals surface area contributed by atoms with Crippen LogP contribution in [0.5, 0.6) is 0 Å². The summed E-state index contributed by atoms with van der Waals surface area (Å²) in [6.45, 7) is 6.16. The van der Waals surface area contributed by atoms with E-state index >= 15 is 0 Å². The number of nitrogens with zero attached hydrogens (tertiary/aromatic N) is 2. The summed E-state index contributed by atoms with van der Waals surface area (Å²) in [5.41, 5.74) is 8.62. The van der Waals surface area contributed by atoms with Gasteiger partial charge in [-0.1, -0.05) is 48.0 Å². The molecule has 0 radical (unpaired) electrons. The molecule has 0 spiro atoms. The van der Waals surface area contributed by atoms with E-state index in [9.17, 15) is 23.5 Å². The largest absolute Gasteiger partial charge is 0.392 e. The number of aryl methyl sites for hydroxylation is 2. The second-order valence-electron chi connectivity index (χ2n) is 11.8. The number of carbonyl (C=O) groups excluding carboxylic acids is 2. The van der Waals surface area contributed by atoms with Crippen LogP contribution in [0.4, 0.5) is 8.78 Å². The van der Waals surface area contributed by atoms with Crippen LogP contribution < -0.4 is 10.6 Å². The Morgan fingerprint density at radius 1 is 0.723 bits per heavy atom. The Hall–Kier alpha value is -4.99. The van der Waals surface area contributed by atoms with Crippen molar-refractivity contribution in [2.24, 2.45) is 0 Å². The average molecular weight is 653 g/mol. The molecule has 0 atom stereocenters. The molecule has 238 valence electrons. The van der Waals surface area contributed by atoms with Crippen LogP contribution in [0, 0.1) is 25.5 Å². The highest BCUT2D eigenvalue weighted by molar-refractivity contribution is 6.31. The minimum Gasteiger partial charge on any atom is -0.392 e. The number of fused-ring (bicyclic) bond motifs is 6. The van der Waals surface area contributed by atoms with Crippen molar-refractivity contribution in [2.75, 3.05) is 13.1 Å². The van der Waals surface area contributed by atoms with E-state index in [0.717, 1.165) is 60.8 Å². The van der Waals surface area contributed by atoms with Gasteiger partial charge in [0.2, 0.25) is 0 Å². The van der Waals surface area contributed by atoms with E-state index in [0.29, 0.717) is 42.6 Å². The zero-order valence-electron chi connectivity index (χ0n) is 25.8. The van der Waals surface area contributed by atoms with Crippen molar-refractivity contribution < 1.29 is 23.5 Å². The van der Waals surface area contributed by atoms with E-state index in [-0.39, 0.29) is 30.1 Å². The molecule has 2 aliphatic rings. The van der Waals surface area contributed by atoms with Crippen LogP contribution in [0.1, 0.15) is 37.7 Å². The number of hydrogen-bond donors (Lipinski definition) is 3. The van der Waals surface area contributed by atoms with Crippen molar-refractivity contribution in [3.63, 3.8) is 0 Å². The highest BCUT2D eigenvalue weighted by atomic mass is 35.5. The van der Waals surface area contributed by atoms with Crippen molar-refractivity contribution in [2.45, 2.75) is 33.5 Å². The molecule has 4 heterocycles. The number of nitrogens with one attached hydrogen (secondary N) is 2. The van der Waals surface area contributed by atoms with E-state index < -0.39 is 0 Å². The molecule has 0 saturated heterocycles. The molecule has 7 nitrogen and oxygen atoms in total. The smallest absolute Gasteiger partial charge is 0.268 e. The second-order valence-corrected chi connectivity index (χ2v) is 12.3. The first-order valence-corrected chi connectivity index (χ1v) is 15.7. The van der Waals surface area contributed by atoms with Gasteiger partial charge in [0.05, 0.1) is 17.6 Å². The Balaban J connectivity index is 0.000000150. The number of rotatable bonds is 3. The van der Waals surface area contributed by atoms with Crippen molar-refractivity contribution in [3.05, 3.63) is 118 Å². The van der Waals surface area contributed by atoms with Gasteiger partial charge in [-0.05, 0) is 78.1 Å². The SMILES string of the molecule is Cc1c2n(c3c(-c4ccc(CO)cc4)cc(F)cc13)CCNC2=O.Cc1c2n(c3c(-c4cccc(Cl)c4)cc(F)cc13)CCNC2=O. The van der Waals surface area contributed by atoms with Crippen LogP contribution in [0.2, 0.25) is 5.02 Å². The van der Waals surface area contributed by atoms with Crippen LogP contribution in [-0.2, 0) is 19.7 Å². The predicted octanol–water partition coefficient (Wildman–Crippen LogP) is 7.14. The van der Waals surface area contributed by atoms with Crippen LogP contribution in [0.15, 0.2) is 72.8 Å². The zero-order valence-corrected chi connectivity index (χ0v) is 26.5. The van der Waals surface area contributed by atoms with Gasteiger partial charge in [-0.2, -0.15) is 0 Å². The first kappa shape index (κ1) is 30.7. The fourth-order valence-corrected chi connectivity index (χ4v) is 7.07. The summed E-state index contributed by atoms with van der Waals surface area (Å²) in [4.78, 5) is 24.5. The minimum atomic E-state index is -0.324. The second kappa shape index (κ2) is 12.0. The Morgan fingerprint density at radius 3 is 1.72 bits per heavy atom. The molecule has 0 aliphatic carbocycles. The van der Waals surface area contributed by atoms with Gasteiger partial charge < -0.3 is 24.9 Å². The molecule has 6 aromatic rings. The summed E-state index contributed by atoms with van der Waals surface area (Å²) in [6.07, 6.45) is 0. The third-order valence-corrected chi connectivity index (χ3v) is 9.24. The van der Waals surface area contributed by atoms with Gasteiger partial charge in [-0.3, -0.25) is 9.59 Å². The Bertz CT molecular complexity index is 2240. The Kier molecular flexibility index (Phi) is 7.82. The van der Waals surface area contributed by atoms with E-state index in [1.165, 1.54) is 24.3 Å². The van der Waals surface area contributed by atoms with Crippen LogP contribution in [0.3, 0.4) is 0 Å². The summed E-state index contributed by atoms with van der Waals surface area (Å²) in [5, 5.41) is 17.0. The molecule has 0 unspecified atom stereocenters. The lowest BCUT2D eigenvalue weighted by molar-refractivity contribution is 0.0920. The Morgan fingerprint density at radius 2 is 1.23 bits per heavy atom. The maximum absolute atomic E-state index is 14.2. The minimum absolute atomic E-state index is 0.0291. The van der Waals surface area contributed by atoms with E-state index in [4.69, 9.17) is 11.6 Å².